The van der Waals surface area contributed by atoms with Crippen LogP contribution >= 0.6 is 0 Å². The van der Waals surface area contributed by atoms with Crippen LogP contribution in [0.3, 0.4) is 0 Å². The van der Waals surface area contributed by atoms with Gasteiger partial charge in [0.05, 0.1) is 10.2 Å². The topological polar surface area (TPSA) is 32.6 Å². The number of oxime groups is 1. The van der Waals surface area contributed by atoms with Crippen LogP contribution in [0.5, 0.6) is 0 Å². The zero-order chi connectivity index (χ0) is 7.49. The van der Waals surface area contributed by atoms with Crippen LogP contribution in [0.15, 0.2) is 5.16 Å². The Morgan fingerprint density at radius 3 is 2.11 bits per heavy atom. The molecule has 1 N–H and O–H groups in total. The van der Waals surface area contributed by atoms with E-state index in [0.29, 0.717) is 0 Å². The first-order chi connectivity index (χ1) is 3.95. The molecule has 0 unspecified atom stereocenters. The van der Waals surface area contributed by atoms with E-state index in [1.807, 2.05) is 0 Å². The highest BCUT2D eigenvalue weighted by Gasteiger charge is 2.10. The largest absolute Gasteiger partial charge is 0.411 e. The Morgan fingerprint density at radius 1 is 1.56 bits per heavy atom. The molecule has 0 heterocycles. The molecule has 0 fully saturated rings. The molecule has 9 heavy (non-hydrogen) atoms. The van der Waals surface area contributed by atoms with Crippen LogP contribution in [0, 0.1) is 5.41 Å². The predicted molar refractivity (Wildman–Crippen MR) is 43.2 cm³/mol. The Balaban J connectivity index is 3.75. The maximum absolute atomic E-state index is 8.32. The normalized spacial score (nSPS) is 14.3. The van der Waals surface area contributed by atoms with Crippen LogP contribution < -0.4 is 0 Å². The van der Waals surface area contributed by atoms with Gasteiger partial charge in [0.15, 0.2) is 0 Å². The molecule has 0 amide bonds. The quantitative estimate of drug-likeness (QED) is 0.249. The number of hydrogen-bond donors (Lipinski definition) is 1. The van der Waals surface area contributed by atoms with Crippen LogP contribution in [0.4, 0.5) is 0 Å². The average molecular weight is 145 g/mol. The minimum atomic E-state index is 0.267. The smallest absolute Gasteiger partial charge is 0.0613 e. The summed E-state index contributed by atoms with van der Waals surface area (Å²) in [6, 6.07) is 0. The van der Waals surface area contributed by atoms with Gasteiger partial charge >= 0.3 is 0 Å². The highest BCUT2D eigenvalue weighted by Crippen LogP contribution is 2.17. The minimum Gasteiger partial charge on any atom is -0.411 e. The van der Waals surface area contributed by atoms with Gasteiger partial charge in [0.1, 0.15) is 0 Å². The van der Waals surface area contributed by atoms with E-state index in [0.717, 1.165) is 22.0 Å². The van der Waals surface area contributed by atoms with Gasteiger partial charge in [-0.05, 0) is 11.8 Å². The van der Waals surface area contributed by atoms with Gasteiger partial charge in [-0.2, -0.15) is 0 Å². The number of hydrogen-bond acceptors (Lipinski definition) is 2. The Morgan fingerprint density at radius 2 is 2.00 bits per heavy atom. The van der Waals surface area contributed by atoms with Crippen LogP contribution in [-0.2, 0) is 0 Å². The molecule has 0 spiro atoms. The van der Waals surface area contributed by atoms with Gasteiger partial charge in [0.2, 0.25) is 0 Å². The molecule has 0 aromatic carbocycles. The summed E-state index contributed by atoms with van der Waals surface area (Å²) < 4.78 is 0. The van der Waals surface area contributed by atoms with Crippen LogP contribution in [0.25, 0.3) is 0 Å². The molecule has 0 atom stereocenters. The fraction of sp³-hybridized carbons (Fsp3) is 0.833. The third-order valence-corrected chi connectivity index (χ3v) is 1.51. The fourth-order valence-corrected chi connectivity index (χ4v) is 1.86. The van der Waals surface area contributed by atoms with Gasteiger partial charge in [-0.1, -0.05) is 20.8 Å². The van der Waals surface area contributed by atoms with Gasteiger partial charge < -0.3 is 5.21 Å². The average Bonchev–Trinajstić information content (AvgIpc) is 1.62. The van der Waals surface area contributed by atoms with E-state index in [4.69, 9.17) is 5.21 Å². The molecule has 0 saturated heterocycles. The van der Waals surface area contributed by atoms with Crippen molar-refractivity contribution in [2.24, 2.45) is 10.6 Å². The zero-order valence-corrected chi connectivity index (χ0v) is 8.60. The Kier molecular flexibility index (Phi) is 2.90. The molecule has 3 heteroatoms. The van der Waals surface area contributed by atoms with Crippen molar-refractivity contribution in [2.45, 2.75) is 27.2 Å². The van der Waals surface area contributed by atoms with Crippen LogP contribution in [0.2, 0.25) is 0 Å². The SMILES string of the molecule is CC(C)(C)CC([SiH3])=NO. The maximum atomic E-state index is 8.32. The van der Waals surface area contributed by atoms with E-state index in [1.54, 1.807) is 0 Å². The lowest BCUT2D eigenvalue weighted by molar-refractivity contribution is 0.315. The predicted octanol–water partition coefficient (Wildman–Crippen LogP) is 0.576. The van der Waals surface area contributed by atoms with Gasteiger partial charge in [-0.25, -0.2) is 0 Å². The van der Waals surface area contributed by atoms with Gasteiger partial charge in [-0.15, -0.1) is 5.16 Å². The monoisotopic (exact) mass is 145 g/mol. The molecule has 0 aromatic heterocycles. The molecule has 0 rings (SSSR count). The second kappa shape index (κ2) is 3.01. The molecule has 0 aliphatic heterocycles. The first-order valence-corrected chi connectivity index (χ1v) is 4.13. The molecule has 2 nitrogen and oxygen atoms in total. The van der Waals surface area contributed by atoms with Crippen molar-refractivity contribution in [3.05, 3.63) is 0 Å². The van der Waals surface area contributed by atoms with E-state index in [-0.39, 0.29) is 5.41 Å². The van der Waals surface area contributed by atoms with Gasteiger partial charge in [0.25, 0.3) is 0 Å². The van der Waals surface area contributed by atoms with Crippen molar-refractivity contribution in [2.75, 3.05) is 0 Å². The molecule has 0 aromatic rings. The lowest BCUT2D eigenvalue weighted by Crippen LogP contribution is -2.12. The minimum absolute atomic E-state index is 0.267. The summed E-state index contributed by atoms with van der Waals surface area (Å²) in [5.41, 5.74) is 0.267. The lowest BCUT2D eigenvalue weighted by atomic mass is 9.93. The number of rotatable bonds is 1. The molecule has 0 aliphatic rings. The van der Waals surface area contributed by atoms with E-state index >= 15 is 0 Å². The van der Waals surface area contributed by atoms with Crippen molar-refractivity contribution in [3.63, 3.8) is 0 Å². The summed E-state index contributed by atoms with van der Waals surface area (Å²) in [6.45, 7) is 6.40. The molecule has 0 saturated carbocycles. The van der Waals surface area contributed by atoms with Gasteiger partial charge in [0, 0.05) is 5.33 Å². The van der Waals surface area contributed by atoms with E-state index < -0.39 is 0 Å². The Labute approximate surface area is 59.4 Å². The second-order valence-corrected chi connectivity index (χ2v) is 4.73. The lowest BCUT2D eigenvalue weighted by Gasteiger charge is -2.16. The Bertz CT molecular complexity index is 115. The molecule has 0 radical (unpaired) electrons. The molecule has 54 valence electrons. The van der Waals surface area contributed by atoms with Crippen molar-refractivity contribution in [1.29, 1.82) is 0 Å². The molecular weight excluding hydrogens is 130 g/mol. The number of nitrogens with zero attached hydrogens (tertiary/aromatic N) is 1. The third kappa shape index (κ3) is 5.56. The molecule has 0 bridgehead atoms. The summed E-state index contributed by atoms with van der Waals surface area (Å²) in [5.74, 6) is 0. The van der Waals surface area contributed by atoms with Crippen molar-refractivity contribution in [3.8, 4) is 0 Å². The summed E-state index contributed by atoms with van der Waals surface area (Å²) in [6.07, 6.45) is 0.912. The summed E-state index contributed by atoms with van der Waals surface area (Å²) in [4.78, 5) is 0. The second-order valence-electron chi connectivity index (χ2n) is 3.57. The zero-order valence-electron chi connectivity index (χ0n) is 6.60. The summed E-state index contributed by atoms with van der Waals surface area (Å²) in [5, 5.41) is 12.4. The first kappa shape index (κ1) is 8.69. The fourth-order valence-electron chi connectivity index (χ4n) is 0.803. The molecular formula is C6H15NOSi. The van der Waals surface area contributed by atoms with E-state index in [9.17, 15) is 0 Å². The third-order valence-electron chi connectivity index (χ3n) is 0.957. The van der Waals surface area contributed by atoms with Crippen LogP contribution in [-0.4, -0.2) is 20.8 Å². The highest BCUT2D eigenvalue weighted by molar-refractivity contribution is 6.59. The standard InChI is InChI=1S/C6H15NOSi/c1-6(2,3)4-5(9)7-8/h8H,4H2,1-3,9H3. The van der Waals surface area contributed by atoms with Crippen molar-refractivity contribution < 1.29 is 5.21 Å². The Hall–Kier alpha value is -0.313. The summed E-state index contributed by atoms with van der Waals surface area (Å²) >= 11 is 0. The van der Waals surface area contributed by atoms with Crippen LogP contribution in [0.1, 0.15) is 27.2 Å². The van der Waals surface area contributed by atoms with Crippen molar-refractivity contribution in [1.82, 2.24) is 0 Å². The van der Waals surface area contributed by atoms with E-state index in [2.05, 4.69) is 25.9 Å². The van der Waals surface area contributed by atoms with Crippen molar-refractivity contribution >= 4 is 15.6 Å². The van der Waals surface area contributed by atoms with Gasteiger partial charge in [-0.3, -0.25) is 0 Å². The summed E-state index contributed by atoms with van der Waals surface area (Å²) in [7, 11) is 0.871. The maximum Gasteiger partial charge on any atom is 0.0613 e. The highest BCUT2D eigenvalue weighted by atomic mass is 28.1. The first-order valence-electron chi connectivity index (χ1n) is 3.13. The molecule has 0 aliphatic carbocycles. The van der Waals surface area contributed by atoms with E-state index in [1.165, 1.54) is 0 Å².